The van der Waals surface area contributed by atoms with Crippen LogP contribution in [0, 0.1) is 0 Å². The lowest BCUT2D eigenvalue weighted by atomic mass is 10.2. The third kappa shape index (κ3) is 2.74. The largest absolute Gasteiger partial charge is 0.417 e. The first-order chi connectivity index (χ1) is 10.3. The van der Waals surface area contributed by atoms with Crippen molar-refractivity contribution in [3.63, 3.8) is 0 Å². The number of aromatic nitrogens is 4. The summed E-state index contributed by atoms with van der Waals surface area (Å²) in [4.78, 5) is 12.4. The molecule has 0 atom stereocenters. The number of fused-ring (bicyclic) bond motifs is 1. The number of carbonyl (C=O) groups is 1. The number of alkyl halides is 3. The van der Waals surface area contributed by atoms with Crippen molar-refractivity contribution < 1.29 is 18.0 Å². The molecule has 3 aromatic rings. The maximum atomic E-state index is 12.8. The first-order valence-electron chi connectivity index (χ1n) is 5.69. The molecular weight excluding hydrogens is 343 g/mol. The maximum absolute atomic E-state index is 12.8. The van der Waals surface area contributed by atoms with Gasteiger partial charge in [0.15, 0.2) is 0 Å². The predicted octanol–water partition coefficient (Wildman–Crippen LogP) is 3.11. The summed E-state index contributed by atoms with van der Waals surface area (Å²) in [6, 6.07) is 3.11. The first-order valence-corrected chi connectivity index (χ1v) is 6.89. The average Bonchev–Trinajstić information content (AvgIpc) is 3.00. The Balaban J connectivity index is 1.86. The molecule has 6 nitrogen and oxygen atoms in total. The van der Waals surface area contributed by atoms with Crippen molar-refractivity contribution in [2.24, 2.45) is 0 Å². The van der Waals surface area contributed by atoms with Crippen LogP contribution >= 0.6 is 22.9 Å². The van der Waals surface area contributed by atoms with E-state index in [0.29, 0.717) is 4.96 Å². The van der Waals surface area contributed by atoms with Gasteiger partial charge in [0.05, 0.1) is 10.6 Å². The lowest BCUT2D eigenvalue weighted by Crippen LogP contribution is -2.13. The van der Waals surface area contributed by atoms with Gasteiger partial charge in [-0.3, -0.25) is 4.79 Å². The number of nitrogens with one attached hydrogen (secondary N) is 1. The van der Waals surface area contributed by atoms with Crippen LogP contribution in [-0.2, 0) is 6.18 Å². The minimum Gasteiger partial charge on any atom is -0.320 e. The second-order valence-corrected chi connectivity index (χ2v) is 5.47. The van der Waals surface area contributed by atoms with Gasteiger partial charge in [0.25, 0.3) is 5.91 Å². The Hall–Kier alpha value is -2.20. The van der Waals surface area contributed by atoms with Crippen molar-refractivity contribution in [3.8, 4) is 0 Å². The van der Waals surface area contributed by atoms with Crippen LogP contribution in [0.5, 0.6) is 0 Å². The van der Waals surface area contributed by atoms with Crippen molar-refractivity contribution in [1.29, 1.82) is 0 Å². The van der Waals surface area contributed by atoms with Crippen LogP contribution in [0.3, 0.4) is 0 Å². The maximum Gasteiger partial charge on any atom is 0.417 e. The second kappa shape index (κ2) is 5.21. The highest BCUT2D eigenvalue weighted by molar-refractivity contribution is 7.18. The van der Waals surface area contributed by atoms with Gasteiger partial charge in [-0.15, -0.1) is 15.3 Å². The third-order valence-electron chi connectivity index (χ3n) is 2.61. The summed E-state index contributed by atoms with van der Waals surface area (Å²) in [5, 5.41) is 13.1. The van der Waals surface area contributed by atoms with Gasteiger partial charge in [-0.05, 0) is 18.2 Å². The van der Waals surface area contributed by atoms with Gasteiger partial charge in [0.1, 0.15) is 6.33 Å². The molecule has 2 heterocycles. The Morgan fingerprint density at radius 3 is 2.82 bits per heavy atom. The molecule has 1 amide bonds. The molecule has 11 heteroatoms. The Labute approximate surface area is 129 Å². The Bertz CT molecular complexity index is 830. The fourth-order valence-electron chi connectivity index (χ4n) is 1.66. The summed E-state index contributed by atoms with van der Waals surface area (Å²) < 4.78 is 39.6. The molecule has 0 radical (unpaired) electrons. The average molecular weight is 348 g/mol. The Kier molecular flexibility index (Phi) is 3.49. The molecule has 114 valence electrons. The summed E-state index contributed by atoms with van der Waals surface area (Å²) in [5.74, 6) is -0.647. The van der Waals surface area contributed by atoms with Crippen molar-refractivity contribution in [3.05, 3.63) is 40.1 Å². The zero-order valence-electron chi connectivity index (χ0n) is 10.4. The van der Waals surface area contributed by atoms with Crippen LogP contribution in [0.25, 0.3) is 4.96 Å². The van der Waals surface area contributed by atoms with Gasteiger partial charge in [-0.1, -0.05) is 22.9 Å². The van der Waals surface area contributed by atoms with Gasteiger partial charge in [-0.25, -0.2) is 0 Å². The van der Waals surface area contributed by atoms with Crippen molar-refractivity contribution in [2.75, 3.05) is 5.32 Å². The summed E-state index contributed by atoms with van der Waals surface area (Å²) in [6.07, 6.45) is -3.29. The molecule has 2 aromatic heterocycles. The van der Waals surface area contributed by atoms with Crippen LogP contribution in [0.4, 0.5) is 18.9 Å². The minimum absolute atomic E-state index is 0.0345. The first kappa shape index (κ1) is 14.7. The molecular formula is C11H5ClF3N5OS. The van der Waals surface area contributed by atoms with Gasteiger partial charge in [0.2, 0.25) is 9.97 Å². The summed E-state index contributed by atoms with van der Waals surface area (Å²) in [6.45, 7) is 0. The van der Waals surface area contributed by atoms with Crippen LogP contribution in [0.2, 0.25) is 5.02 Å². The number of benzene rings is 1. The standard InChI is InChI=1S/C11H5ClF3N5OS/c12-7-2-1-5(3-6(7)11(13,14)15)17-8(21)9-19-20-4-16-18-10(20)22-9/h1-4H,(H,17,21). The molecule has 0 unspecified atom stereocenters. The molecule has 0 aliphatic carbocycles. The minimum atomic E-state index is -4.61. The molecule has 0 fully saturated rings. The Morgan fingerprint density at radius 1 is 1.36 bits per heavy atom. The predicted molar refractivity (Wildman–Crippen MR) is 73.1 cm³/mol. The molecule has 3 rings (SSSR count). The highest BCUT2D eigenvalue weighted by Gasteiger charge is 2.33. The second-order valence-electron chi connectivity index (χ2n) is 4.11. The Morgan fingerprint density at radius 2 is 2.14 bits per heavy atom. The van der Waals surface area contributed by atoms with Crippen molar-refractivity contribution >= 4 is 39.5 Å². The SMILES string of the molecule is O=C(Nc1ccc(Cl)c(C(F)(F)F)c1)c1nn2cnnc2s1. The smallest absolute Gasteiger partial charge is 0.320 e. The van der Waals surface area contributed by atoms with E-state index in [-0.39, 0.29) is 10.7 Å². The summed E-state index contributed by atoms with van der Waals surface area (Å²) >= 11 is 6.47. The van der Waals surface area contributed by atoms with E-state index < -0.39 is 22.7 Å². The number of hydrogen-bond acceptors (Lipinski definition) is 5. The zero-order valence-corrected chi connectivity index (χ0v) is 12.0. The fourth-order valence-corrected chi connectivity index (χ4v) is 2.60. The van der Waals surface area contributed by atoms with E-state index in [1.54, 1.807) is 0 Å². The van der Waals surface area contributed by atoms with E-state index in [1.807, 2.05) is 0 Å². The van der Waals surface area contributed by atoms with Crippen LogP contribution in [0.1, 0.15) is 15.4 Å². The normalized spacial score (nSPS) is 11.8. The van der Waals surface area contributed by atoms with Crippen LogP contribution in [0.15, 0.2) is 24.5 Å². The number of hydrogen-bond donors (Lipinski definition) is 1. The van der Waals surface area contributed by atoms with Crippen LogP contribution in [-0.4, -0.2) is 25.7 Å². The molecule has 0 saturated carbocycles. The quantitative estimate of drug-likeness (QED) is 0.773. The van der Waals surface area contributed by atoms with Crippen LogP contribution < -0.4 is 5.32 Å². The van der Waals surface area contributed by atoms with Gasteiger partial charge >= 0.3 is 6.18 Å². The highest BCUT2D eigenvalue weighted by Crippen LogP contribution is 2.36. The van der Waals surface area contributed by atoms with Gasteiger partial charge < -0.3 is 5.32 Å². The number of rotatable bonds is 2. The number of nitrogens with zero attached hydrogens (tertiary/aromatic N) is 4. The lowest BCUT2D eigenvalue weighted by molar-refractivity contribution is -0.137. The van der Waals surface area contributed by atoms with E-state index in [2.05, 4.69) is 20.6 Å². The molecule has 22 heavy (non-hydrogen) atoms. The molecule has 0 spiro atoms. The lowest BCUT2D eigenvalue weighted by Gasteiger charge is -2.11. The number of carbonyl (C=O) groups excluding carboxylic acids is 1. The molecule has 0 aliphatic heterocycles. The summed E-state index contributed by atoms with van der Waals surface area (Å²) in [7, 11) is 0. The molecule has 0 saturated heterocycles. The monoisotopic (exact) mass is 347 g/mol. The highest BCUT2D eigenvalue weighted by atomic mass is 35.5. The number of amides is 1. The van der Waals surface area contributed by atoms with E-state index in [4.69, 9.17) is 11.6 Å². The fraction of sp³-hybridized carbons (Fsp3) is 0.0909. The molecule has 1 N–H and O–H groups in total. The third-order valence-corrected chi connectivity index (χ3v) is 3.85. The van der Waals surface area contributed by atoms with E-state index in [0.717, 1.165) is 23.5 Å². The van der Waals surface area contributed by atoms with Gasteiger partial charge in [0, 0.05) is 5.69 Å². The van der Waals surface area contributed by atoms with E-state index in [9.17, 15) is 18.0 Å². The number of anilines is 1. The molecule has 1 aromatic carbocycles. The van der Waals surface area contributed by atoms with Crippen molar-refractivity contribution in [2.45, 2.75) is 6.18 Å². The zero-order chi connectivity index (χ0) is 15.9. The number of halogens is 4. The summed E-state index contributed by atoms with van der Waals surface area (Å²) in [5.41, 5.74) is -1.06. The molecule has 0 aliphatic rings. The topological polar surface area (TPSA) is 72.2 Å². The van der Waals surface area contributed by atoms with E-state index >= 15 is 0 Å². The van der Waals surface area contributed by atoms with Crippen molar-refractivity contribution in [1.82, 2.24) is 19.8 Å². The molecule has 0 bridgehead atoms. The van der Waals surface area contributed by atoms with E-state index in [1.165, 1.54) is 16.9 Å². The van der Waals surface area contributed by atoms with Gasteiger partial charge in [-0.2, -0.15) is 17.7 Å².